The first kappa shape index (κ1) is 16.9. The highest BCUT2D eigenvalue weighted by Gasteiger charge is 2.23. The van der Waals surface area contributed by atoms with Crippen LogP contribution in [0.4, 0.5) is 0 Å². The van der Waals surface area contributed by atoms with Crippen molar-refractivity contribution in [2.24, 2.45) is 0 Å². The van der Waals surface area contributed by atoms with Crippen LogP contribution in [0, 0.1) is 0 Å². The molecule has 2 aliphatic rings. The Kier molecular flexibility index (Phi) is 6.05. The van der Waals surface area contributed by atoms with Crippen LogP contribution in [0.25, 0.3) is 0 Å². The lowest BCUT2D eigenvalue weighted by atomic mass is 10.2. The van der Waals surface area contributed by atoms with Crippen LogP contribution >= 0.6 is 11.3 Å². The first-order chi connectivity index (χ1) is 11.2. The van der Waals surface area contributed by atoms with Crippen LogP contribution in [0.2, 0.25) is 0 Å². The highest BCUT2D eigenvalue weighted by molar-refractivity contribution is 7.10. The lowest BCUT2D eigenvalue weighted by Crippen LogP contribution is -2.50. The Bertz CT molecular complexity index is 480. The van der Waals surface area contributed by atoms with Gasteiger partial charge in [-0.1, -0.05) is 18.9 Å². The van der Waals surface area contributed by atoms with Crippen LogP contribution < -0.4 is 5.32 Å². The van der Waals surface area contributed by atoms with Gasteiger partial charge in [-0.25, -0.2) is 0 Å². The second-order valence-corrected chi connectivity index (χ2v) is 7.64. The lowest BCUT2D eigenvalue weighted by Gasteiger charge is -2.35. The molecule has 1 aliphatic heterocycles. The van der Waals surface area contributed by atoms with Gasteiger partial charge in [-0.15, -0.1) is 11.3 Å². The SMILES string of the molecule is O=C(CN1CCN(C[C@@H](O)c2cccs2)CC1)NC1CCCC1. The van der Waals surface area contributed by atoms with Gasteiger partial charge >= 0.3 is 0 Å². The fourth-order valence-corrected chi connectivity index (χ4v) is 4.19. The molecular weight excluding hydrogens is 310 g/mol. The summed E-state index contributed by atoms with van der Waals surface area (Å²) in [5, 5.41) is 15.4. The molecule has 2 heterocycles. The number of aliphatic hydroxyl groups is 1. The summed E-state index contributed by atoms with van der Waals surface area (Å²) in [6.45, 7) is 4.82. The van der Waals surface area contributed by atoms with Crippen LogP contribution in [0.3, 0.4) is 0 Å². The number of carbonyl (C=O) groups is 1. The van der Waals surface area contributed by atoms with E-state index in [9.17, 15) is 9.90 Å². The summed E-state index contributed by atoms with van der Waals surface area (Å²) in [6.07, 6.45) is 4.37. The van der Waals surface area contributed by atoms with Crippen molar-refractivity contribution in [2.75, 3.05) is 39.3 Å². The van der Waals surface area contributed by atoms with E-state index in [0.29, 0.717) is 19.1 Å². The summed E-state index contributed by atoms with van der Waals surface area (Å²) < 4.78 is 0. The van der Waals surface area contributed by atoms with E-state index < -0.39 is 6.10 Å². The second kappa shape index (κ2) is 8.24. The maximum atomic E-state index is 12.1. The van der Waals surface area contributed by atoms with E-state index in [2.05, 4.69) is 15.1 Å². The molecular formula is C17H27N3O2S. The predicted octanol–water partition coefficient (Wildman–Crippen LogP) is 1.46. The van der Waals surface area contributed by atoms with Gasteiger partial charge in [-0.05, 0) is 24.3 Å². The molecule has 2 N–H and O–H groups in total. The summed E-state index contributed by atoms with van der Waals surface area (Å²) in [7, 11) is 0. The Hall–Kier alpha value is -0.950. The number of thiophene rings is 1. The van der Waals surface area contributed by atoms with E-state index in [1.165, 1.54) is 12.8 Å². The number of carbonyl (C=O) groups excluding carboxylic acids is 1. The molecule has 1 saturated carbocycles. The molecule has 0 unspecified atom stereocenters. The summed E-state index contributed by atoms with van der Waals surface area (Å²) in [5.41, 5.74) is 0. The Balaban J connectivity index is 1.35. The number of nitrogens with one attached hydrogen (secondary N) is 1. The zero-order valence-corrected chi connectivity index (χ0v) is 14.4. The molecule has 128 valence electrons. The highest BCUT2D eigenvalue weighted by atomic mass is 32.1. The molecule has 0 aromatic carbocycles. The molecule has 0 bridgehead atoms. The molecule has 1 aromatic rings. The Morgan fingerprint density at radius 3 is 2.61 bits per heavy atom. The number of hydrogen-bond acceptors (Lipinski definition) is 5. The van der Waals surface area contributed by atoms with E-state index in [-0.39, 0.29) is 5.91 Å². The van der Waals surface area contributed by atoms with Crippen molar-refractivity contribution < 1.29 is 9.90 Å². The predicted molar refractivity (Wildman–Crippen MR) is 92.6 cm³/mol. The van der Waals surface area contributed by atoms with E-state index >= 15 is 0 Å². The molecule has 1 aromatic heterocycles. The topological polar surface area (TPSA) is 55.8 Å². The summed E-state index contributed by atoms with van der Waals surface area (Å²) in [5.74, 6) is 0.170. The molecule has 0 radical (unpaired) electrons. The van der Waals surface area contributed by atoms with E-state index in [1.807, 2.05) is 17.5 Å². The van der Waals surface area contributed by atoms with Crippen molar-refractivity contribution in [1.82, 2.24) is 15.1 Å². The smallest absolute Gasteiger partial charge is 0.234 e. The number of nitrogens with zero attached hydrogens (tertiary/aromatic N) is 2. The summed E-state index contributed by atoms with van der Waals surface area (Å²) in [4.78, 5) is 17.6. The Labute approximate surface area is 142 Å². The number of hydrogen-bond donors (Lipinski definition) is 2. The maximum absolute atomic E-state index is 12.1. The summed E-state index contributed by atoms with van der Waals surface area (Å²) >= 11 is 1.60. The Morgan fingerprint density at radius 1 is 1.26 bits per heavy atom. The average Bonchev–Trinajstić information content (AvgIpc) is 3.22. The molecule has 1 atom stereocenters. The quantitative estimate of drug-likeness (QED) is 0.825. The largest absolute Gasteiger partial charge is 0.386 e. The third-order valence-corrected chi connectivity index (χ3v) is 5.83. The van der Waals surface area contributed by atoms with Crippen LogP contribution in [0.1, 0.15) is 36.7 Å². The number of rotatable bonds is 6. The van der Waals surface area contributed by atoms with Crippen molar-refractivity contribution in [2.45, 2.75) is 37.8 Å². The minimum absolute atomic E-state index is 0.170. The molecule has 0 spiro atoms. The van der Waals surface area contributed by atoms with Crippen LogP contribution in [0.15, 0.2) is 17.5 Å². The second-order valence-electron chi connectivity index (χ2n) is 6.66. The number of piperazine rings is 1. The fraction of sp³-hybridized carbons (Fsp3) is 0.706. The highest BCUT2D eigenvalue weighted by Crippen LogP contribution is 2.20. The zero-order valence-electron chi connectivity index (χ0n) is 13.6. The van der Waals surface area contributed by atoms with Gasteiger partial charge in [0.1, 0.15) is 6.10 Å². The van der Waals surface area contributed by atoms with E-state index in [4.69, 9.17) is 0 Å². The van der Waals surface area contributed by atoms with Gasteiger partial charge in [0.05, 0.1) is 6.54 Å². The van der Waals surface area contributed by atoms with Crippen LogP contribution in [-0.2, 0) is 4.79 Å². The van der Waals surface area contributed by atoms with Gasteiger partial charge in [0.2, 0.25) is 5.91 Å². The third kappa shape index (κ3) is 5.01. The maximum Gasteiger partial charge on any atom is 0.234 e. The standard InChI is InChI=1S/C17H27N3O2S/c21-15(16-6-3-11-23-16)12-19-7-9-20(10-8-19)13-17(22)18-14-4-1-2-5-14/h3,6,11,14-15,21H,1-2,4-5,7-10,12-13H2,(H,18,22)/t15-/m1/s1. The lowest BCUT2D eigenvalue weighted by molar-refractivity contribution is -0.123. The molecule has 1 aliphatic carbocycles. The number of aliphatic hydroxyl groups excluding tert-OH is 1. The number of amides is 1. The summed E-state index contributed by atoms with van der Waals surface area (Å²) in [6, 6.07) is 4.37. The van der Waals surface area contributed by atoms with Gasteiger partial charge < -0.3 is 10.4 Å². The van der Waals surface area contributed by atoms with Gasteiger partial charge in [-0.2, -0.15) is 0 Å². The van der Waals surface area contributed by atoms with Crippen LogP contribution in [-0.4, -0.2) is 66.1 Å². The zero-order chi connectivity index (χ0) is 16.1. The van der Waals surface area contributed by atoms with Crippen molar-refractivity contribution in [3.63, 3.8) is 0 Å². The first-order valence-electron chi connectivity index (χ1n) is 8.66. The molecule has 23 heavy (non-hydrogen) atoms. The van der Waals surface area contributed by atoms with Crippen LogP contribution in [0.5, 0.6) is 0 Å². The minimum atomic E-state index is -0.396. The molecule has 1 saturated heterocycles. The van der Waals surface area contributed by atoms with Crippen molar-refractivity contribution in [1.29, 1.82) is 0 Å². The van der Waals surface area contributed by atoms with Gasteiger partial charge in [-0.3, -0.25) is 14.6 Å². The molecule has 3 rings (SSSR count). The number of β-amino-alcohol motifs (C(OH)–C–C–N with tert-alkyl or cyclic N) is 1. The third-order valence-electron chi connectivity index (χ3n) is 4.86. The van der Waals surface area contributed by atoms with Gasteiger partial charge in [0.15, 0.2) is 0 Å². The molecule has 1 amide bonds. The van der Waals surface area contributed by atoms with Gasteiger partial charge in [0, 0.05) is 43.6 Å². The van der Waals surface area contributed by atoms with Crippen molar-refractivity contribution in [3.05, 3.63) is 22.4 Å². The fourth-order valence-electron chi connectivity index (χ4n) is 3.49. The monoisotopic (exact) mass is 337 g/mol. The van der Waals surface area contributed by atoms with E-state index in [0.717, 1.165) is 43.9 Å². The van der Waals surface area contributed by atoms with Gasteiger partial charge in [0.25, 0.3) is 0 Å². The minimum Gasteiger partial charge on any atom is -0.386 e. The molecule has 2 fully saturated rings. The first-order valence-corrected chi connectivity index (χ1v) is 9.54. The Morgan fingerprint density at radius 2 is 1.96 bits per heavy atom. The van der Waals surface area contributed by atoms with Crippen molar-refractivity contribution >= 4 is 17.2 Å². The van der Waals surface area contributed by atoms with E-state index in [1.54, 1.807) is 11.3 Å². The normalized spacial score (nSPS) is 22.3. The van der Waals surface area contributed by atoms with Crippen molar-refractivity contribution in [3.8, 4) is 0 Å². The molecule has 6 heteroatoms. The average molecular weight is 337 g/mol. The molecule has 5 nitrogen and oxygen atoms in total.